The third-order valence-corrected chi connectivity index (χ3v) is 5.52. The van der Waals surface area contributed by atoms with Crippen molar-refractivity contribution in [3.05, 3.63) is 35.6 Å². The second kappa shape index (κ2) is 7.34. The highest BCUT2D eigenvalue weighted by molar-refractivity contribution is 7.99. The summed E-state index contributed by atoms with van der Waals surface area (Å²) in [6, 6.07) is 6.19. The van der Waals surface area contributed by atoms with Gasteiger partial charge < -0.3 is 4.90 Å². The SMILES string of the molecule is CN(C(=O)C1=NN(Cc2ccc(F)cc2)C(=O)CC1)C1CCSC1. The van der Waals surface area contributed by atoms with E-state index in [1.807, 2.05) is 18.8 Å². The summed E-state index contributed by atoms with van der Waals surface area (Å²) in [5.74, 6) is 1.49. The van der Waals surface area contributed by atoms with Crippen molar-refractivity contribution in [3.63, 3.8) is 0 Å². The molecule has 0 saturated carbocycles. The van der Waals surface area contributed by atoms with Gasteiger partial charge in [0.05, 0.1) is 6.54 Å². The summed E-state index contributed by atoms with van der Waals surface area (Å²) < 4.78 is 13.0. The lowest BCUT2D eigenvalue weighted by Gasteiger charge is -2.28. The van der Waals surface area contributed by atoms with Gasteiger partial charge in [0.1, 0.15) is 11.5 Å². The molecule has 128 valence electrons. The molecule has 1 saturated heterocycles. The van der Waals surface area contributed by atoms with E-state index in [2.05, 4.69) is 5.10 Å². The van der Waals surface area contributed by atoms with Crippen LogP contribution >= 0.6 is 11.8 Å². The minimum Gasteiger partial charge on any atom is -0.337 e. The molecule has 1 atom stereocenters. The van der Waals surface area contributed by atoms with Crippen LogP contribution < -0.4 is 0 Å². The minimum absolute atomic E-state index is 0.0980. The molecule has 0 spiro atoms. The molecule has 2 aliphatic rings. The lowest BCUT2D eigenvalue weighted by atomic mass is 10.1. The number of hydrogen-bond donors (Lipinski definition) is 0. The molecule has 2 aliphatic heterocycles. The van der Waals surface area contributed by atoms with Crippen molar-refractivity contribution in [1.82, 2.24) is 9.91 Å². The molecule has 2 heterocycles. The van der Waals surface area contributed by atoms with Gasteiger partial charge >= 0.3 is 0 Å². The first-order valence-electron chi connectivity index (χ1n) is 8.02. The van der Waals surface area contributed by atoms with E-state index in [0.29, 0.717) is 12.1 Å². The van der Waals surface area contributed by atoms with E-state index in [1.165, 1.54) is 17.1 Å². The van der Waals surface area contributed by atoms with Gasteiger partial charge in [0.15, 0.2) is 0 Å². The normalized spacial score (nSPS) is 20.9. The summed E-state index contributed by atoms with van der Waals surface area (Å²) in [7, 11) is 1.81. The molecule has 24 heavy (non-hydrogen) atoms. The predicted octanol–water partition coefficient (Wildman–Crippen LogP) is 2.27. The van der Waals surface area contributed by atoms with Crippen LogP contribution in [0.4, 0.5) is 4.39 Å². The largest absolute Gasteiger partial charge is 0.337 e. The molecule has 1 unspecified atom stereocenters. The average Bonchev–Trinajstić information content (AvgIpc) is 3.12. The van der Waals surface area contributed by atoms with Crippen molar-refractivity contribution in [2.75, 3.05) is 18.6 Å². The van der Waals surface area contributed by atoms with Crippen LogP contribution in [-0.2, 0) is 16.1 Å². The zero-order valence-electron chi connectivity index (χ0n) is 13.6. The van der Waals surface area contributed by atoms with E-state index in [0.717, 1.165) is 23.5 Å². The average molecular weight is 349 g/mol. The Kier molecular flexibility index (Phi) is 5.18. The minimum atomic E-state index is -0.320. The van der Waals surface area contributed by atoms with Crippen molar-refractivity contribution in [3.8, 4) is 0 Å². The van der Waals surface area contributed by atoms with Crippen LogP contribution in [0.15, 0.2) is 29.4 Å². The van der Waals surface area contributed by atoms with E-state index in [-0.39, 0.29) is 36.6 Å². The third kappa shape index (κ3) is 3.77. The third-order valence-electron chi connectivity index (χ3n) is 4.37. The lowest BCUT2D eigenvalue weighted by molar-refractivity contribution is -0.132. The van der Waals surface area contributed by atoms with E-state index in [9.17, 15) is 14.0 Å². The van der Waals surface area contributed by atoms with Crippen LogP contribution in [0.1, 0.15) is 24.8 Å². The maximum absolute atomic E-state index is 13.0. The van der Waals surface area contributed by atoms with Crippen LogP contribution in [0.2, 0.25) is 0 Å². The fraction of sp³-hybridized carbons (Fsp3) is 0.471. The molecule has 3 rings (SSSR count). The van der Waals surface area contributed by atoms with E-state index >= 15 is 0 Å². The van der Waals surface area contributed by atoms with Crippen LogP contribution in [0.25, 0.3) is 0 Å². The number of amides is 2. The molecule has 5 nitrogen and oxygen atoms in total. The van der Waals surface area contributed by atoms with Gasteiger partial charge in [-0.05, 0) is 29.9 Å². The smallest absolute Gasteiger partial charge is 0.270 e. The molecule has 0 aliphatic carbocycles. The number of rotatable bonds is 4. The Morgan fingerprint density at radius 3 is 2.79 bits per heavy atom. The maximum atomic E-state index is 13.0. The highest BCUT2D eigenvalue weighted by atomic mass is 32.2. The Morgan fingerprint density at radius 1 is 1.38 bits per heavy atom. The molecule has 0 bridgehead atoms. The Hall–Kier alpha value is -1.89. The van der Waals surface area contributed by atoms with E-state index in [1.54, 1.807) is 17.0 Å². The van der Waals surface area contributed by atoms with Crippen LogP contribution in [0, 0.1) is 5.82 Å². The Bertz CT molecular complexity index is 656. The molecule has 7 heteroatoms. The molecule has 1 fully saturated rings. The number of hydrogen-bond acceptors (Lipinski definition) is 4. The summed E-state index contributed by atoms with van der Waals surface area (Å²) >= 11 is 1.85. The summed E-state index contributed by atoms with van der Waals surface area (Å²) in [6.45, 7) is 0.249. The van der Waals surface area contributed by atoms with Crippen molar-refractivity contribution in [2.24, 2.45) is 5.10 Å². The molecule has 0 radical (unpaired) electrons. The van der Waals surface area contributed by atoms with Gasteiger partial charge in [0.2, 0.25) is 5.91 Å². The Labute approximate surface area is 144 Å². The molecular weight excluding hydrogens is 329 g/mol. The zero-order chi connectivity index (χ0) is 17.1. The summed E-state index contributed by atoms with van der Waals surface area (Å²) in [5, 5.41) is 5.60. The van der Waals surface area contributed by atoms with Crippen LogP contribution in [-0.4, -0.2) is 52.0 Å². The second-order valence-corrected chi connectivity index (χ2v) is 7.21. The van der Waals surface area contributed by atoms with Gasteiger partial charge in [0.25, 0.3) is 5.91 Å². The first kappa shape index (κ1) is 17.0. The first-order chi connectivity index (χ1) is 11.5. The van der Waals surface area contributed by atoms with Crippen molar-refractivity contribution in [2.45, 2.75) is 31.8 Å². The van der Waals surface area contributed by atoms with Gasteiger partial charge in [-0.25, -0.2) is 9.40 Å². The number of thioether (sulfide) groups is 1. The molecule has 0 N–H and O–H groups in total. The Balaban J connectivity index is 1.72. The van der Waals surface area contributed by atoms with Crippen molar-refractivity contribution in [1.29, 1.82) is 0 Å². The van der Waals surface area contributed by atoms with Crippen molar-refractivity contribution >= 4 is 29.3 Å². The summed E-state index contributed by atoms with van der Waals surface area (Å²) in [4.78, 5) is 26.5. The van der Waals surface area contributed by atoms with E-state index in [4.69, 9.17) is 0 Å². The molecule has 2 amide bonds. The number of nitrogens with zero attached hydrogens (tertiary/aromatic N) is 3. The molecule has 1 aromatic carbocycles. The Morgan fingerprint density at radius 2 is 2.12 bits per heavy atom. The standard InChI is InChI=1S/C17H20FN3O2S/c1-20(14-8-9-24-11-14)17(23)15-6-7-16(22)21(19-15)10-12-2-4-13(18)5-3-12/h2-5,14H,6-11H2,1H3. The fourth-order valence-electron chi connectivity index (χ4n) is 2.84. The molecule has 1 aromatic rings. The first-order valence-corrected chi connectivity index (χ1v) is 9.17. The highest BCUT2D eigenvalue weighted by Crippen LogP contribution is 2.22. The quantitative estimate of drug-likeness (QED) is 0.838. The highest BCUT2D eigenvalue weighted by Gasteiger charge is 2.30. The number of halogens is 1. The van der Waals surface area contributed by atoms with Gasteiger partial charge in [-0.1, -0.05) is 12.1 Å². The van der Waals surface area contributed by atoms with Crippen molar-refractivity contribution < 1.29 is 14.0 Å². The number of hydrazone groups is 1. The number of carbonyl (C=O) groups excluding carboxylic acids is 2. The summed E-state index contributed by atoms with van der Waals surface area (Å²) in [6.07, 6.45) is 1.65. The van der Waals surface area contributed by atoms with Gasteiger partial charge in [0, 0.05) is 31.7 Å². The lowest BCUT2D eigenvalue weighted by Crippen LogP contribution is -2.44. The monoisotopic (exact) mass is 349 g/mol. The topological polar surface area (TPSA) is 53.0 Å². The molecular formula is C17H20FN3O2S. The maximum Gasteiger partial charge on any atom is 0.270 e. The number of carbonyl (C=O) groups is 2. The zero-order valence-corrected chi connectivity index (χ0v) is 14.4. The van der Waals surface area contributed by atoms with Crippen LogP contribution in [0.5, 0.6) is 0 Å². The van der Waals surface area contributed by atoms with Crippen LogP contribution in [0.3, 0.4) is 0 Å². The fourth-order valence-corrected chi connectivity index (χ4v) is 4.11. The van der Waals surface area contributed by atoms with Gasteiger partial charge in [-0.15, -0.1) is 0 Å². The molecule has 0 aromatic heterocycles. The van der Waals surface area contributed by atoms with E-state index < -0.39 is 0 Å². The van der Waals surface area contributed by atoms with Gasteiger partial charge in [-0.2, -0.15) is 16.9 Å². The van der Waals surface area contributed by atoms with Gasteiger partial charge in [-0.3, -0.25) is 9.59 Å². The second-order valence-electron chi connectivity index (χ2n) is 6.06. The predicted molar refractivity (Wildman–Crippen MR) is 92.1 cm³/mol. The summed E-state index contributed by atoms with van der Waals surface area (Å²) in [5.41, 5.74) is 1.21. The number of benzene rings is 1.